The molecule has 1 nitrogen and oxygen atoms in total. The van der Waals surface area contributed by atoms with Gasteiger partial charge in [-0.1, -0.05) is 69.3 Å². The Morgan fingerprint density at radius 1 is 0.810 bits per heavy atom. The number of hydrogen-bond acceptors (Lipinski definition) is 1. The molecule has 0 saturated carbocycles. The molecular weight excluding hydrogens is 256 g/mol. The van der Waals surface area contributed by atoms with Crippen LogP contribution in [0, 0.1) is 19.3 Å². The van der Waals surface area contributed by atoms with Crippen LogP contribution in [-0.2, 0) is 4.79 Å². The second-order valence-corrected chi connectivity index (χ2v) is 6.76. The highest BCUT2D eigenvalue weighted by Crippen LogP contribution is 2.35. The molecular formula is C20H24O. The van der Waals surface area contributed by atoms with Gasteiger partial charge in [-0.25, -0.2) is 0 Å². The van der Waals surface area contributed by atoms with Gasteiger partial charge in [0.15, 0.2) is 0 Å². The molecule has 2 aromatic rings. The minimum Gasteiger partial charge on any atom is -0.298 e. The van der Waals surface area contributed by atoms with Crippen LogP contribution in [-0.4, -0.2) is 5.78 Å². The van der Waals surface area contributed by atoms with E-state index in [1.165, 1.54) is 11.1 Å². The van der Waals surface area contributed by atoms with Gasteiger partial charge in [-0.05, 0) is 36.1 Å². The van der Waals surface area contributed by atoms with E-state index in [1.54, 1.807) is 0 Å². The van der Waals surface area contributed by atoms with Gasteiger partial charge in [0, 0.05) is 5.41 Å². The number of aryl methyl sites for hydroxylation is 2. The van der Waals surface area contributed by atoms with Crippen molar-refractivity contribution in [2.45, 2.75) is 40.5 Å². The highest BCUT2D eigenvalue weighted by Gasteiger charge is 2.33. The maximum atomic E-state index is 13.1. The fourth-order valence-electron chi connectivity index (χ4n) is 2.70. The largest absolute Gasteiger partial charge is 0.298 e. The van der Waals surface area contributed by atoms with Crippen molar-refractivity contribution in [2.24, 2.45) is 5.41 Å². The number of carbonyl (C=O) groups is 1. The highest BCUT2D eigenvalue weighted by molar-refractivity contribution is 5.93. The first kappa shape index (κ1) is 15.5. The zero-order valence-electron chi connectivity index (χ0n) is 13.6. The fraction of sp³-hybridized carbons (Fsp3) is 0.350. The summed E-state index contributed by atoms with van der Waals surface area (Å²) in [7, 11) is 0. The van der Waals surface area contributed by atoms with Gasteiger partial charge < -0.3 is 0 Å². The minimum absolute atomic E-state index is 0.188. The van der Waals surface area contributed by atoms with Crippen LogP contribution in [0.4, 0.5) is 0 Å². The lowest BCUT2D eigenvalue weighted by Gasteiger charge is -2.27. The molecule has 0 aliphatic carbocycles. The van der Waals surface area contributed by atoms with Gasteiger partial charge in [0.2, 0.25) is 0 Å². The van der Waals surface area contributed by atoms with Crippen LogP contribution in [0.25, 0.3) is 0 Å². The third kappa shape index (κ3) is 3.24. The second kappa shape index (κ2) is 5.85. The first-order valence-corrected chi connectivity index (χ1v) is 7.47. The molecule has 0 atom stereocenters. The van der Waals surface area contributed by atoms with Crippen LogP contribution in [0.2, 0.25) is 0 Å². The predicted octanol–water partition coefficient (Wildman–Crippen LogP) is 5.05. The highest BCUT2D eigenvalue weighted by atomic mass is 16.1. The molecule has 0 aliphatic heterocycles. The van der Waals surface area contributed by atoms with Crippen molar-refractivity contribution in [3.63, 3.8) is 0 Å². The first-order valence-electron chi connectivity index (χ1n) is 7.47. The number of benzene rings is 2. The molecule has 0 heterocycles. The molecule has 0 unspecified atom stereocenters. The number of Topliss-reactive ketones (excluding diaryl/α,β-unsaturated/α-hetero) is 1. The van der Waals surface area contributed by atoms with Gasteiger partial charge in [-0.2, -0.15) is 0 Å². The van der Waals surface area contributed by atoms with Gasteiger partial charge in [0.25, 0.3) is 0 Å². The van der Waals surface area contributed by atoms with Crippen LogP contribution in [0.1, 0.15) is 48.9 Å². The molecule has 0 spiro atoms. The second-order valence-electron chi connectivity index (χ2n) is 6.76. The quantitative estimate of drug-likeness (QED) is 0.769. The Morgan fingerprint density at radius 2 is 1.19 bits per heavy atom. The average Bonchev–Trinajstić information content (AvgIpc) is 2.42. The molecule has 0 fully saturated rings. The molecule has 0 aromatic heterocycles. The number of hydrogen-bond donors (Lipinski definition) is 0. The molecule has 0 N–H and O–H groups in total. The van der Waals surface area contributed by atoms with Crippen molar-refractivity contribution in [1.29, 1.82) is 0 Å². The van der Waals surface area contributed by atoms with Crippen molar-refractivity contribution < 1.29 is 4.79 Å². The van der Waals surface area contributed by atoms with Crippen molar-refractivity contribution in [3.05, 3.63) is 70.8 Å². The zero-order valence-corrected chi connectivity index (χ0v) is 13.6. The fourth-order valence-corrected chi connectivity index (χ4v) is 2.70. The smallest absolute Gasteiger partial charge is 0.150 e. The van der Waals surface area contributed by atoms with E-state index >= 15 is 0 Å². The summed E-state index contributed by atoms with van der Waals surface area (Å²) in [6.45, 7) is 10.2. The van der Waals surface area contributed by atoms with Crippen molar-refractivity contribution in [1.82, 2.24) is 0 Å². The zero-order chi connectivity index (χ0) is 15.6. The molecule has 1 heteroatoms. The Balaban J connectivity index is 2.64. The molecule has 0 amide bonds. The lowest BCUT2D eigenvalue weighted by atomic mass is 9.74. The summed E-state index contributed by atoms with van der Waals surface area (Å²) in [6.07, 6.45) is 0. The third-order valence-corrected chi connectivity index (χ3v) is 4.00. The van der Waals surface area contributed by atoms with E-state index in [0.717, 1.165) is 11.1 Å². The van der Waals surface area contributed by atoms with Gasteiger partial charge in [0.1, 0.15) is 5.78 Å². The standard InChI is InChI=1S/C20H24O/c1-14-10-6-8-12-16(14)18(19(21)20(3,4)5)17-13-9-7-11-15(17)2/h6-13,18H,1-5H3. The third-order valence-electron chi connectivity index (χ3n) is 4.00. The summed E-state index contributed by atoms with van der Waals surface area (Å²) in [6, 6.07) is 16.4. The molecule has 110 valence electrons. The summed E-state index contributed by atoms with van der Waals surface area (Å²) in [4.78, 5) is 13.1. The summed E-state index contributed by atoms with van der Waals surface area (Å²) in [5, 5.41) is 0. The van der Waals surface area contributed by atoms with E-state index in [-0.39, 0.29) is 17.1 Å². The normalized spacial score (nSPS) is 11.7. The lowest BCUT2D eigenvalue weighted by Crippen LogP contribution is -2.28. The minimum atomic E-state index is -0.366. The van der Waals surface area contributed by atoms with Crippen LogP contribution < -0.4 is 0 Å². The van der Waals surface area contributed by atoms with E-state index in [2.05, 4.69) is 38.1 Å². The summed E-state index contributed by atoms with van der Waals surface area (Å²) < 4.78 is 0. The Hall–Kier alpha value is -1.89. The predicted molar refractivity (Wildman–Crippen MR) is 88.7 cm³/mol. The molecule has 0 bridgehead atoms. The maximum Gasteiger partial charge on any atom is 0.150 e. The summed E-state index contributed by atoms with van der Waals surface area (Å²) >= 11 is 0. The van der Waals surface area contributed by atoms with Crippen LogP contribution >= 0.6 is 0 Å². The Labute approximate surface area is 128 Å². The van der Waals surface area contributed by atoms with Crippen LogP contribution in [0.5, 0.6) is 0 Å². The van der Waals surface area contributed by atoms with Crippen LogP contribution in [0.3, 0.4) is 0 Å². The molecule has 2 rings (SSSR count). The van der Waals surface area contributed by atoms with Gasteiger partial charge in [0.05, 0.1) is 5.92 Å². The van der Waals surface area contributed by atoms with E-state index in [1.807, 2.05) is 45.0 Å². The van der Waals surface area contributed by atoms with E-state index in [0.29, 0.717) is 0 Å². The van der Waals surface area contributed by atoms with Gasteiger partial charge in [-0.3, -0.25) is 4.79 Å². The summed E-state index contributed by atoms with van der Waals surface area (Å²) in [5.74, 6) is 0.0819. The lowest BCUT2D eigenvalue weighted by molar-refractivity contribution is -0.126. The number of ketones is 1. The molecule has 2 aromatic carbocycles. The van der Waals surface area contributed by atoms with Crippen LogP contribution in [0.15, 0.2) is 48.5 Å². The SMILES string of the molecule is Cc1ccccc1C(C(=O)C(C)(C)C)c1ccccc1C. The topological polar surface area (TPSA) is 17.1 Å². The Morgan fingerprint density at radius 3 is 1.52 bits per heavy atom. The Bertz CT molecular complexity index is 601. The van der Waals surface area contributed by atoms with Gasteiger partial charge >= 0.3 is 0 Å². The molecule has 0 aliphatic rings. The maximum absolute atomic E-state index is 13.1. The number of rotatable bonds is 3. The number of carbonyl (C=O) groups excluding carboxylic acids is 1. The molecule has 0 radical (unpaired) electrons. The van der Waals surface area contributed by atoms with Crippen molar-refractivity contribution in [2.75, 3.05) is 0 Å². The monoisotopic (exact) mass is 280 g/mol. The Kier molecular flexibility index (Phi) is 4.32. The summed E-state index contributed by atoms with van der Waals surface area (Å²) in [5.41, 5.74) is 4.21. The van der Waals surface area contributed by atoms with Crippen molar-refractivity contribution in [3.8, 4) is 0 Å². The van der Waals surface area contributed by atoms with Crippen molar-refractivity contribution >= 4 is 5.78 Å². The van der Waals surface area contributed by atoms with E-state index in [4.69, 9.17) is 0 Å². The molecule has 0 saturated heterocycles. The van der Waals surface area contributed by atoms with Gasteiger partial charge in [-0.15, -0.1) is 0 Å². The van der Waals surface area contributed by atoms with E-state index < -0.39 is 0 Å². The first-order chi connectivity index (χ1) is 9.82. The average molecular weight is 280 g/mol. The molecule has 21 heavy (non-hydrogen) atoms. The van der Waals surface area contributed by atoms with E-state index in [9.17, 15) is 4.79 Å².